The van der Waals surface area contributed by atoms with Gasteiger partial charge in [-0.3, -0.25) is 4.79 Å². The van der Waals surface area contributed by atoms with E-state index in [0.29, 0.717) is 24.9 Å². The van der Waals surface area contributed by atoms with Crippen LogP contribution in [0.25, 0.3) is 0 Å². The molecule has 1 rings (SSSR count). The Morgan fingerprint density at radius 2 is 1.95 bits per heavy atom. The van der Waals surface area contributed by atoms with Crippen molar-refractivity contribution in [1.82, 2.24) is 10.2 Å². The Kier molecular flexibility index (Phi) is 5.84. The van der Waals surface area contributed by atoms with Gasteiger partial charge in [-0.25, -0.2) is 4.79 Å². The lowest BCUT2D eigenvalue weighted by Gasteiger charge is -2.36. The van der Waals surface area contributed by atoms with E-state index >= 15 is 0 Å². The first-order valence-electron chi connectivity index (χ1n) is 7.45. The minimum absolute atomic E-state index is 0.112. The van der Waals surface area contributed by atoms with E-state index in [2.05, 4.69) is 19.2 Å². The Hall–Kier alpha value is -1.26. The molecular weight excluding hydrogens is 256 g/mol. The van der Waals surface area contributed by atoms with Crippen LogP contribution in [0.15, 0.2) is 0 Å². The topological polar surface area (TPSA) is 58.6 Å². The molecular formula is C15H28N2O3. The number of amides is 2. The van der Waals surface area contributed by atoms with Crippen LogP contribution in [0.1, 0.15) is 53.9 Å². The molecule has 2 amide bonds. The zero-order valence-corrected chi connectivity index (χ0v) is 13.4. The molecule has 116 valence electrons. The maximum Gasteiger partial charge on any atom is 0.407 e. The molecule has 1 aliphatic rings. The fraction of sp³-hybridized carbons (Fsp3) is 0.867. The molecule has 1 aliphatic heterocycles. The Morgan fingerprint density at radius 1 is 1.30 bits per heavy atom. The van der Waals surface area contributed by atoms with Crippen molar-refractivity contribution >= 4 is 12.0 Å². The molecule has 1 heterocycles. The van der Waals surface area contributed by atoms with Crippen molar-refractivity contribution in [3.8, 4) is 0 Å². The molecule has 1 saturated heterocycles. The lowest BCUT2D eigenvalue weighted by Crippen LogP contribution is -2.45. The predicted molar refractivity (Wildman–Crippen MR) is 78.4 cm³/mol. The highest BCUT2D eigenvalue weighted by Crippen LogP contribution is 2.22. The SMILES string of the molecule is C[C@H]1CCN(C(=O)CCNC(=O)OC(C)(C)C)[C@H](C)C1. The number of piperidine rings is 1. The third-order valence-electron chi connectivity index (χ3n) is 3.47. The van der Waals surface area contributed by atoms with Gasteiger partial charge in [0.25, 0.3) is 0 Å². The molecule has 1 fully saturated rings. The first-order valence-corrected chi connectivity index (χ1v) is 7.45. The average Bonchev–Trinajstić information content (AvgIpc) is 2.25. The minimum Gasteiger partial charge on any atom is -0.444 e. The van der Waals surface area contributed by atoms with Gasteiger partial charge in [-0.1, -0.05) is 6.92 Å². The number of alkyl carbamates (subject to hydrolysis) is 1. The van der Waals surface area contributed by atoms with Crippen molar-refractivity contribution in [2.24, 2.45) is 5.92 Å². The lowest BCUT2D eigenvalue weighted by atomic mass is 9.93. The number of hydrogen-bond donors (Lipinski definition) is 1. The Morgan fingerprint density at radius 3 is 2.50 bits per heavy atom. The summed E-state index contributed by atoms with van der Waals surface area (Å²) < 4.78 is 5.13. The van der Waals surface area contributed by atoms with Gasteiger partial charge in [0.2, 0.25) is 5.91 Å². The minimum atomic E-state index is -0.508. The molecule has 20 heavy (non-hydrogen) atoms. The van der Waals surface area contributed by atoms with Crippen LogP contribution in [0.4, 0.5) is 4.79 Å². The summed E-state index contributed by atoms with van der Waals surface area (Å²) in [5, 5.41) is 2.62. The number of carbonyl (C=O) groups excluding carboxylic acids is 2. The van der Waals surface area contributed by atoms with E-state index < -0.39 is 11.7 Å². The molecule has 1 N–H and O–H groups in total. The second kappa shape index (κ2) is 6.95. The van der Waals surface area contributed by atoms with Crippen LogP contribution in [0.5, 0.6) is 0 Å². The van der Waals surface area contributed by atoms with Crippen molar-refractivity contribution < 1.29 is 14.3 Å². The van der Waals surface area contributed by atoms with E-state index in [1.165, 1.54) is 0 Å². The van der Waals surface area contributed by atoms with Crippen molar-refractivity contribution in [3.05, 3.63) is 0 Å². The molecule has 0 spiro atoms. The van der Waals surface area contributed by atoms with Crippen molar-refractivity contribution in [1.29, 1.82) is 0 Å². The highest BCUT2D eigenvalue weighted by Gasteiger charge is 2.26. The van der Waals surface area contributed by atoms with Crippen LogP contribution in [0.3, 0.4) is 0 Å². The third kappa shape index (κ3) is 5.80. The van der Waals surface area contributed by atoms with E-state index in [0.717, 1.165) is 19.4 Å². The lowest BCUT2D eigenvalue weighted by molar-refractivity contribution is -0.134. The fourth-order valence-corrected chi connectivity index (χ4v) is 2.51. The maximum atomic E-state index is 12.1. The summed E-state index contributed by atoms with van der Waals surface area (Å²) in [6, 6.07) is 0.299. The van der Waals surface area contributed by atoms with Crippen LogP contribution in [0, 0.1) is 5.92 Å². The largest absolute Gasteiger partial charge is 0.444 e. The number of nitrogens with zero attached hydrogens (tertiary/aromatic N) is 1. The van der Waals surface area contributed by atoms with Gasteiger partial charge in [0.1, 0.15) is 5.60 Å². The summed E-state index contributed by atoms with van der Waals surface area (Å²) in [5.74, 6) is 0.800. The molecule has 5 heteroatoms. The smallest absolute Gasteiger partial charge is 0.407 e. The Bertz CT molecular complexity index is 350. The van der Waals surface area contributed by atoms with E-state index in [1.54, 1.807) is 0 Å². The highest BCUT2D eigenvalue weighted by atomic mass is 16.6. The molecule has 0 bridgehead atoms. The van der Waals surface area contributed by atoms with E-state index in [4.69, 9.17) is 4.74 Å². The molecule has 0 aromatic heterocycles. The maximum absolute atomic E-state index is 12.1. The molecule has 0 aliphatic carbocycles. The van der Waals surface area contributed by atoms with Gasteiger partial charge in [-0.05, 0) is 46.5 Å². The molecule has 5 nitrogen and oxygen atoms in total. The van der Waals surface area contributed by atoms with Crippen LogP contribution in [0.2, 0.25) is 0 Å². The normalized spacial score (nSPS) is 23.4. The number of likely N-dealkylation sites (tertiary alicyclic amines) is 1. The quantitative estimate of drug-likeness (QED) is 0.866. The van der Waals surface area contributed by atoms with E-state index in [9.17, 15) is 9.59 Å². The van der Waals surface area contributed by atoms with E-state index in [1.807, 2.05) is 25.7 Å². The van der Waals surface area contributed by atoms with E-state index in [-0.39, 0.29) is 5.91 Å². The standard InChI is InChI=1S/C15H28N2O3/c1-11-7-9-17(12(2)10-11)13(18)6-8-16-14(19)20-15(3,4)5/h11-12H,6-10H2,1-5H3,(H,16,19)/t11-,12+/m0/s1. The van der Waals surface area contributed by atoms with Gasteiger partial charge in [-0.2, -0.15) is 0 Å². The zero-order chi connectivity index (χ0) is 15.3. The summed E-state index contributed by atoms with van der Waals surface area (Å²) in [7, 11) is 0. The number of carbonyl (C=O) groups is 2. The second-order valence-electron chi connectivity index (χ2n) is 6.74. The number of rotatable bonds is 3. The molecule has 0 radical (unpaired) electrons. The Balaban J connectivity index is 2.28. The molecule has 0 aromatic rings. The average molecular weight is 284 g/mol. The Labute approximate surface area is 122 Å². The van der Waals surface area contributed by atoms with Crippen molar-refractivity contribution in [2.75, 3.05) is 13.1 Å². The van der Waals surface area contributed by atoms with Crippen LogP contribution in [-0.4, -0.2) is 41.6 Å². The van der Waals surface area contributed by atoms with Crippen molar-refractivity contribution in [3.63, 3.8) is 0 Å². The van der Waals surface area contributed by atoms with Gasteiger partial charge in [0.15, 0.2) is 0 Å². The summed E-state index contributed by atoms with van der Waals surface area (Å²) in [5.41, 5.74) is -0.508. The summed E-state index contributed by atoms with van der Waals surface area (Å²) in [6.07, 6.45) is 1.99. The van der Waals surface area contributed by atoms with Gasteiger partial charge >= 0.3 is 6.09 Å². The monoisotopic (exact) mass is 284 g/mol. The van der Waals surface area contributed by atoms with Gasteiger partial charge in [-0.15, -0.1) is 0 Å². The first-order chi connectivity index (χ1) is 9.19. The molecule has 0 saturated carbocycles. The number of nitrogens with one attached hydrogen (secondary N) is 1. The van der Waals surface area contributed by atoms with Gasteiger partial charge < -0.3 is 15.0 Å². The summed E-state index contributed by atoms with van der Waals surface area (Å²) in [6.45, 7) is 10.9. The van der Waals surface area contributed by atoms with Crippen LogP contribution >= 0.6 is 0 Å². The second-order valence-corrected chi connectivity index (χ2v) is 6.74. The fourth-order valence-electron chi connectivity index (χ4n) is 2.51. The molecule has 2 atom stereocenters. The predicted octanol–water partition coefficient (Wildman–Crippen LogP) is 2.55. The molecule has 0 unspecified atom stereocenters. The van der Waals surface area contributed by atoms with Crippen molar-refractivity contribution in [2.45, 2.75) is 65.5 Å². The zero-order valence-electron chi connectivity index (χ0n) is 13.4. The molecule has 0 aromatic carbocycles. The number of ether oxygens (including phenoxy) is 1. The first kappa shape index (κ1) is 16.8. The van der Waals surface area contributed by atoms with Gasteiger partial charge in [0, 0.05) is 25.6 Å². The number of hydrogen-bond acceptors (Lipinski definition) is 3. The van der Waals surface area contributed by atoms with Crippen LogP contribution < -0.4 is 5.32 Å². The highest BCUT2D eigenvalue weighted by molar-refractivity contribution is 5.77. The third-order valence-corrected chi connectivity index (χ3v) is 3.47. The van der Waals surface area contributed by atoms with Crippen LogP contribution in [-0.2, 0) is 9.53 Å². The summed E-state index contributed by atoms with van der Waals surface area (Å²) in [4.78, 5) is 25.5. The van der Waals surface area contributed by atoms with Gasteiger partial charge in [0.05, 0.1) is 0 Å². The summed E-state index contributed by atoms with van der Waals surface area (Å²) >= 11 is 0.